The average molecular weight is 335 g/mol. The van der Waals surface area contributed by atoms with Crippen molar-refractivity contribution in [3.63, 3.8) is 0 Å². The summed E-state index contributed by atoms with van der Waals surface area (Å²) in [6, 6.07) is 15.4. The van der Waals surface area contributed by atoms with Gasteiger partial charge in [0, 0.05) is 28.8 Å². The second-order valence-electron chi connectivity index (χ2n) is 5.45. The molecule has 0 atom stereocenters. The number of aryl methyl sites for hydroxylation is 1. The molecular formula is C19H15N2O4-. The molecule has 25 heavy (non-hydrogen) atoms. The third kappa shape index (κ3) is 3.42. The fraction of sp³-hybridized carbons (Fsp3) is 0.105. The maximum atomic E-state index is 12.4. The number of nitrogens with zero attached hydrogens (tertiary/aromatic N) is 1. The Morgan fingerprint density at radius 2 is 1.68 bits per heavy atom. The van der Waals surface area contributed by atoms with E-state index in [0.29, 0.717) is 11.5 Å². The van der Waals surface area contributed by atoms with Crippen LogP contribution in [0, 0.1) is 6.92 Å². The molecule has 0 saturated heterocycles. The predicted octanol–water partition coefficient (Wildman–Crippen LogP) is 1.94. The van der Waals surface area contributed by atoms with E-state index < -0.39 is 11.9 Å². The van der Waals surface area contributed by atoms with Crippen LogP contribution in [0.2, 0.25) is 0 Å². The predicted molar refractivity (Wildman–Crippen MR) is 88.6 cm³/mol. The Morgan fingerprint density at radius 1 is 1.04 bits per heavy atom. The van der Waals surface area contributed by atoms with Crippen LogP contribution in [0.25, 0.3) is 11.3 Å². The largest absolute Gasteiger partial charge is 0.545 e. The quantitative estimate of drug-likeness (QED) is 0.769. The standard InChI is InChI=1S/C19H16N2O4/c1-12-16(17(21-25-12)13-7-3-2-4-8-13)11-20-18(22)14-9-5-6-10-15(14)19(23)24/h2-10H,11H2,1H3,(H,20,22)(H,23,24)/p-1. The van der Waals surface area contributed by atoms with Gasteiger partial charge in [0.1, 0.15) is 11.5 Å². The number of rotatable bonds is 5. The van der Waals surface area contributed by atoms with Crippen LogP contribution in [-0.2, 0) is 6.54 Å². The fourth-order valence-corrected chi connectivity index (χ4v) is 2.55. The van der Waals surface area contributed by atoms with Crippen molar-refractivity contribution in [1.29, 1.82) is 0 Å². The number of aromatic carboxylic acids is 1. The van der Waals surface area contributed by atoms with Crippen molar-refractivity contribution in [3.8, 4) is 11.3 Å². The monoisotopic (exact) mass is 335 g/mol. The van der Waals surface area contributed by atoms with Gasteiger partial charge in [0.15, 0.2) is 0 Å². The van der Waals surface area contributed by atoms with Gasteiger partial charge in [-0.3, -0.25) is 4.79 Å². The first-order chi connectivity index (χ1) is 12.1. The van der Waals surface area contributed by atoms with Crippen LogP contribution in [0.3, 0.4) is 0 Å². The second kappa shape index (κ2) is 7.00. The molecule has 0 aliphatic rings. The molecule has 6 heteroatoms. The summed E-state index contributed by atoms with van der Waals surface area (Å²) in [5.74, 6) is -1.30. The lowest BCUT2D eigenvalue weighted by Gasteiger charge is -2.11. The Bertz CT molecular complexity index is 916. The minimum absolute atomic E-state index is 0.0536. The van der Waals surface area contributed by atoms with Gasteiger partial charge in [0.25, 0.3) is 5.91 Å². The summed E-state index contributed by atoms with van der Waals surface area (Å²) < 4.78 is 5.24. The lowest BCUT2D eigenvalue weighted by molar-refractivity contribution is -0.255. The molecule has 6 nitrogen and oxygen atoms in total. The molecular weight excluding hydrogens is 320 g/mol. The molecule has 2 aromatic carbocycles. The summed E-state index contributed by atoms with van der Waals surface area (Å²) in [5.41, 5.74) is 2.17. The van der Waals surface area contributed by atoms with Crippen molar-refractivity contribution in [2.24, 2.45) is 0 Å². The number of hydrogen-bond donors (Lipinski definition) is 1. The molecule has 0 unspecified atom stereocenters. The van der Waals surface area contributed by atoms with E-state index in [1.807, 2.05) is 30.3 Å². The van der Waals surface area contributed by atoms with E-state index in [1.165, 1.54) is 12.1 Å². The molecule has 0 radical (unpaired) electrons. The first-order valence-corrected chi connectivity index (χ1v) is 7.67. The Morgan fingerprint density at radius 3 is 2.36 bits per heavy atom. The summed E-state index contributed by atoms with van der Waals surface area (Å²) in [5, 5.41) is 17.9. The number of carbonyl (C=O) groups is 2. The molecule has 1 amide bonds. The normalized spacial score (nSPS) is 10.4. The SMILES string of the molecule is Cc1onc(-c2ccccc2)c1CNC(=O)c1ccccc1C(=O)[O-]. The zero-order valence-electron chi connectivity index (χ0n) is 13.5. The molecule has 1 N–H and O–H groups in total. The third-order valence-electron chi connectivity index (χ3n) is 3.85. The smallest absolute Gasteiger partial charge is 0.252 e. The van der Waals surface area contributed by atoms with Crippen LogP contribution >= 0.6 is 0 Å². The number of amides is 1. The summed E-state index contributed by atoms with van der Waals surface area (Å²) in [6.45, 7) is 1.93. The number of carboxylic acid groups (broad SMARTS) is 1. The van der Waals surface area contributed by atoms with E-state index in [2.05, 4.69) is 10.5 Å². The van der Waals surface area contributed by atoms with Crippen LogP contribution in [0.5, 0.6) is 0 Å². The van der Waals surface area contributed by atoms with Crippen molar-refractivity contribution in [1.82, 2.24) is 10.5 Å². The van der Waals surface area contributed by atoms with Gasteiger partial charge in [0.05, 0.1) is 5.97 Å². The van der Waals surface area contributed by atoms with Crippen LogP contribution in [-0.4, -0.2) is 17.0 Å². The van der Waals surface area contributed by atoms with Crippen molar-refractivity contribution in [2.75, 3.05) is 0 Å². The van der Waals surface area contributed by atoms with Crippen molar-refractivity contribution < 1.29 is 19.2 Å². The Balaban J connectivity index is 1.82. The number of nitrogens with one attached hydrogen (secondary N) is 1. The molecule has 3 rings (SSSR count). The number of hydrogen-bond acceptors (Lipinski definition) is 5. The van der Waals surface area contributed by atoms with Crippen LogP contribution in [0.1, 0.15) is 32.0 Å². The molecule has 0 saturated carbocycles. The number of carbonyl (C=O) groups excluding carboxylic acids is 2. The van der Waals surface area contributed by atoms with Gasteiger partial charge in [-0.25, -0.2) is 0 Å². The van der Waals surface area contributed by atoms with Gasteiger partial charge >= 0.3 is 0 Å². The van der Waals surface area contributed by atoms with Crippen molar-refractivity contribution in [2.45, 2.75) is 13.5 Å². The Hall–Kier alpha value is -3.41. The van der Waals surface area contributed by atoms with Crippen molar-refractivity contribution >= 4 is 11.9 Å². The number of aromatic nitrogens is 1. The molecule has 3 aromatic rings. The molecule has 0 spiro atoms. The first-order valence-electron chi connectivity index (χ1n) is 7.67. The maximum absolute atomic E-state index is 12.4. The zero-order valence-corrected chi connectivity index (χ0v) is 13.5. The van der Waals surface area contributed by atoms with E-state index in [9.17, 15) is 14.7 Å². The molecule has 0 aliphatic carbocycles. The minimum Gasteiger partial charge on any atom is -0.545 e. The van der Waals surface area contributed by atoms with Gasteiger partial charge in [-0.15, -0.1) is 0 Å². The van der Waals surface area contributed by atoms with Gasteiger partial charge < -0.3 is 19.7 Å². The van der Waals surface area contributed by atoms with E-state index in [0.717, 1.165) is 11.1 Å². The summed E-state index contributed by atoms with van der Waals surface area (Å²) in [6.07, 6.45) is 0. The van der Waals surface area contributed by atoms with Gasteiger partial charge in [-0.2, -0.15) is 0 Å². The lowest BCUT2D eigenvalue weighted by atomic mass is 10.1. The molecule has 1 aromatic heterocycles. The fourth-order valence-electron chi connectivity index (χ4n) is 2.55. The third-order valence-corrected chi connectivity index (χ3v) is 3.85. The van der Waals surface area contributed by atoms with Gasteiger partial charge in [-0.1, -0.05) is 53.7 Å². The summed E-state index contributed by atoms with van der Waals surface area (Å²) >= 11 is 0. The summed E-state index contributed by atoms with van der Waals surface area (Å²) in [4.78, 5) is 23.5. The van der Waals surface area contributed by atoms with Crippen molar-refractivity contribution in [3.05, 3.63) is 77.0 Å². The Kier molecular flexibility index (Phi) is 4.61. The van der Waals surface area contributed by atoms with Crippen LogP contribution in [0.4, 0.5) is 0 Å². The highest BCUT2D eigenvalue weighted by Gasteiger charge is 2.17. The van der Waals surface area contributed by atoms with E-state index in [4.69, 9.17) is 4.52 Å². The minimum atomic E-state index is -1.39. The van der Waals surface area contributed by atoms with Crippen LogP contribution in [0.15, 0.2) is 59.1 Å². The maximum Gasteiger partial charge on any atom is 0.252 e. The number of benzene rings is 2. The van der Waals surface area contributed by atoms with E-state index in [-0.39, 0.29) is 17.7 Å². The molecule has 0 bridgehead atoms. The lowest BCUT2D eigenvalue weighted by Crippen LogP contribution is -2.29. The summed E-state index contributed by atoms with van der Waals surface area (Å²) in [7, 11) is 0. The van der Waals surface area contributed by atoms with Crippen LogP contribution < -0.4 is 10.4 Å². The molecule has 0 aliphatic heterocycles. The first kappa shape index (κ1) is 16.4. The molecule has 126 valence electrons. The Labute approximate surface area is 144 Å². The zero-order chi connectivity index (χ0) is 17.8. The number of carboxylic acids is 1. The van der Waals surface area contributed by atoms with Gasteiger partial charge in [0.2, 0.25) is 0 Å². The molecule has 0 fully saturated rings. The van der Waals surface area contributed by atoms with Gasteiger partial charge in [-0.05, 0) is 13.0 Å². The second-order valence-corrected chi connectivity index (χ2v) is 5.45. The highest BCUT2D eigenvalue weighted by atomic mass is 16.5. The van der Waals surface area contributed by atoms with E-state index in [1.54, 1.807) is 19.1 Å². The average Bonchev–Trinajstić information content (AvgIpc) is 3.01. The molecule has 1 heterocycles. The highest BCUT2D eigenvalue weighted by Crippen LogP contribution is 2.25. The topological polar surface area (TPSA) is 95.3 Å². The van der Waals surface area contributed by atoms with E-state index >= 15 is 0 Å². The highest BCUT2D eigenvalue weighted by molar-refractivity contribution is 6.04.